The number of ether oxygens (including phenoxy) is 1. The van der Waals surface area contributed by atoms with Crippen LogP contribution in [0.3, 0.4) is 0 Å². The number of rotatable bonds is 4. The van der Waals surface area contributed by atoms with E-state index in [0.29, 0.717) is 16.3 Å². The molecule has 15 heavy (non-hydrogen) atoms. The number of thiophene rings is 1. The number of anilines is 1. The number of nitrogens with two attached hydrogens (primary N) is 2. The van der Waals surface area contributed by atoms with Gasteiger partial charge in [-0.15, -0.1) is 23.1 Å². The molecular weight excluding hydrogens is 232 g/mol. The van der Waals surface area contributed by atoms with Gasteiger partial charge in [0.2, 0.25) is 0 Å². The van der Waals surface area contributed by atoms with E-state index in [1.807, 2.05) is 20.1 Å². The molecule has 1 heterocycles. The minimum absolute atomic E-state index is 0.0218. The molecule has 0 saturated heterocycles. The summed E-state index contributed by atoms with van der Waals surface area (Å²) in [6, 6.07) is 0. The van der Waals surface area contributed by atoms with Gasteiger partial charge in [-0.3, -0.25) is 4.79 Å². The first-order valence-electron chi connectivity index (χ1n) is 4.40. The van der Waals surface area contributed by atoms with Gasteiger partial charge in [-0.25, -0.2) is 0 Å². The highest BCUT2D eigenvalue weighted by molar-refractivity contribution is 8.00. The van der Waals surface area contributed by atoms with Crippen molar-refractivity contribution in [3.63, 3.8) is 0 Å². The van der Waals surface area contributed by atoms with Gasteiger partial charge in [0.25, 0.3) is 5.91 Å². The molecule has 84 valence electrons. The number of primary amides is 1. The van der Waals surface area contributed by atoms with Crippen LogP contribution in [0.25, 0.3) is 0 Å². The molecule has 0 radical (unpaired) electrons. The molecule has 4 N–H and O–H groups in total. The Hall–Kier alpha value is -0.880. The predicted molar refractivity (Wildman–Crippen MR) is 64.8 cm³/mol. The zero-order valence-corrected chi connectivity index (χ0v) is 10.5. The summed E-state index contributed by atoms with van der Waals surface area (Å²) in [6.45, 7) is 3.82. The van der Waals surface area contributed by atoms with Gasteiger partial charge < -0.3 is 16.2 Å². The van der Waals surface area contributed by atoms with Crippen molar-refractivity contribution in [2.45, 2.75) is 24.2 Å². The van der Waals surface area contributed by atoms with Crippen LogP contribution in [0.5, 0.6) is 5.75 Å². The second-order valence-electron chi connectivity index (χ2n) is 3.20. The first-order chi connectivity index (χ1) is 6.97. The van der Waals surface area contributed by atoms with Crippen LogP contribution in [-0.4, -0.2) is 18.3 Å². The topological polar surface area (TPSA) is 78.3 Å². The Labute approximate surface area is 97.0 Å². The lowest BCUT2D eigenvalue weighted by Gasteiger charge is -2.10. The van der Waals surface area contributed by atoms with Gasteiger partial charge in [-0.2, -0.15) is 0 Å². The zero-order valence-electron chi connectivity index (χ0n) is 8.87. The molecule has 6 heteroatoms. The van der Waals surface area contributed by atoms with E-state index < -0.39 is 5.91 Å². The average molecular weight is 246 g/mol. The van der Waals surface area contributed by atoms with E-state index >= 15 is 0 Å². The van der Waals surface area contributed by atoms with Gasteiger partial charge in [-0.05, 0) is 20.1 Å². The highest BCUT2D eigenvalue weighted by Gasteiger charge is 2.20. The fourth-order valence-corrected chi connectivity index (χ4v) is 2.74. The molecule has 1 rings (SSSR count). The fraction of sp³-hybridized carbons (Fsp3) is 0.444. The maximum Gasteiger partial charge on any atom is 0.261 e. The van der Waals surface area contributed by atoms with E-state index in [9.17, 15) is 4.79 Å². The number of carbonyl (C=O) groups excluding carboxylic acids is 1. The molecule has 0 aliphatic heterocycles. The summed E-state index contributed by atoms with van der Waals surface area (Å²) < 4.78 is 6.44. The molecule has 0 aromatic carbocycles. The Morgan fingerprint density at radius 2 is 2.13 bits per heavy atom. The molecule has 1 aromatic heterocycles. The monoisotopic (exact) mass is 246 g/mol. The lowest BCUT2D eigenvalue weighted by atomic mass is 10.3. The Bertz CT molecular complexity index is 374. The van der Waals surface area contributed by atoms with Crippen molar-refractivity contribution in [3.05, 3.63) is 4.88 Å². The molecule has 0 unspecified atom stereocenters. The van der Waals surface area contributed by atoms with Gasteiger partial charge in [0, 0.05) is 0 Å². The van der Waals surface area contributed by atoms with Crippen molar-refractivity contribution in [2.75, 3.05) is 12.0 Å². The van der Waals surface area contributed by atoms with Crippen molar-refractivity contribution >= 4 is 34.7 Å². The minimum atomic E-state index is -0.508. The van der Waals surface area contributed by atoms with Crippen molar-refractivity contribution in [1.29, 1.82) is 0 Å². The normalized spacial score (nSPS) is 10.7. The summed E-state index contributed by atoms with van der Waals surface area (Å²) in [6.07, 6.45) is 1.93. The highest BCUT2D eigenvalue weighted by Crippen LogP contribution is 2.43. The molecule has 1 aromatic rings. The SMILES string of the molecule is CSc1sc(C(N)=O)c(N)c1OC(C)C. The summed E-state index contributed by atoms with van der Waals surface area (Å²) in [5.41, 5.74) is 11.4. The molecule has 0 aliphatic carbocycles. The molecule has 0 bridgehead atoms. The number of carbonyl (C=O) groups is 1. The number of amides is 1. The van der Waals surface area contributed by atoms with E-state index in [1.54, 1.807) is 0 Å². The molecule has 0 aliphatic rings. The summed E-state index contributed by atoms with van der Waals surface area (Å²) in [4.78, 5) is 11.4. The number of nitrogen functional groups attached to an aromatic ring is 1. The van der Waals surface area contributed by atoms with E-state index in [0.717, 1.165) is 4.21 Å². The fourth-order valence-electron chi connectivity index (χ4n) is 1.07. The second-order valence-corrected chi connectivity index (χ2v) is 5.29. The maximum absolute atomic E-state index is 11.1. The van der Waals surface area contributed by atoms with Crippen LogP contribution in [0.4, 0.5) is 5.69 Å². The smallest absolute Gasteiger partial charge is 0.261 e. The summed E-state index contributed by atoms with van der Waals surface area (Å²) in [5.74, 6) is 0.0720. The number of hydrogen-bond acceptors (Lipinski definition) is 5. The van der Waals surface area contributed by atoms with Crippen molar-refractivity contribution < 1.29 is 9.53 Å². The average Bonchev–Trinajstić information content (AvgIpc) is 2.43. The first kappa shape index (κ1) is 12.2. The Morgan fingerprint density at radius 1 is 1.53 bits per heavy atom. The molecule has 1 amide bonds. The van der Waals surface area contributed by atoms with Gasteiger partial charge in [0.05, 0.1) is 11.8 Å². The molecule has 0 saturated carbocycles. The van der Waals surface area contributed by atoms with Crippen molar-refractivity contribution in [3.8, 4) is 5.75 Å². The molecule has 0 atom stereocenters. The Balaban J connectivity index is 3.17. The largest absolute Gasteiger partial charge is 0.487 e. The number of hydrogen-bond donors (Lipinski definition) is 2. The lowest BCUT2D eigenvalue weighted by Crippen LogP contribution is -2.12. The third-order valence-electron chi connectivity index (χ3n) is 1.63. The second kappa shape index (κ2) is 4.76. The van der Waals surface area contributed by atoms with Crippen LogP contribution in [-0.2, 0) is 0 Å². The molecular formula is C9H14N2O2S2. The summed E-state index contributed by atoms with van der Waals surface area (Å²) in [5, 5.41) is 0. The van der Waals surface area contributed by atoms with Crippen LogP contribution < -0.4 is 16.2 Å². The number of thioether (sulfide) groups is 1. The quantitative estimate of drug-likeness (QED) is 0.796. The molecule has 0 spiro atoms. The van der Waals surface area contributed by atoms with E-state index in [4.69, 9.17) is 16.2 Å². The van der Waals surface area contributed by atoms with E-state index in [-0.39, 0.29) is 6.10 Å². The predicted octanol–water partition coefficient (Wildman–Crippen LogP) is 1.94. The Kier molecular flexibility index (Phi) is 3.87. The van der Waals surface area contributed by atoms with Crippen molar-refractivity contribution in [1.82, 2.24) is 0 Å². The summed E-state index contributed by atoms with van der Waals surface area (Å²) in [7, 11) is 0. The van der Waals surface area contributed by atoms with Gasteiger partial charge in [-0.1, -0.05) is 0 Å². The first-order valence-corrected chi connectivity index (χ1v) is 6.44. The maximum atomic E-state index is 11.1. The van der Waals surface area contributed by atoms with Crippen LogP contribution in [0.2, 0.25) is 0 Å². The van der Waals surface area contributed by atoms with Gasteiger partial charge in [0.15, 0.2) is 5.75 Å². The molecule has 4 nitrogen and oxygen atoms in total. The minimum Gasteiger partial charge on any atom is -0.487 e. The van der Waals surface area contributed by atoms with E-state index in [1.165, 1.54) is 23.1 Å². The van der Waals surface area contributed by atoms with Gasteiger partial charge in [0.1, 0.15) is 9.09 Å². The Morgan fingerprint density at radius 3 is 2.53 bits per heavy atom. The highest BCUT2D eigenvalue weighted by atomic mass is 32.2. The zero-order chi connectivity index (χ0) is 11.6. The third-order valence-corrected chi connectivity index (χ3v) is 3.93. The lowest BCUT2D eigenvalue weighted by molar-refractivity contribution is 0.100. The summed E-state index contributed by atoms with van der Waals surface area (Å²) >= 11 is 2.77. The van der Waals surface area contributed by atoms with Crippen LogP contribution in [0.1, 0.15) is 23.5 Å². The van der Waals surface area contributed by atoms with Crippen molar-refractivity contribution in [2.24, 2.45) is 5.73 Å². The van der Waals surface area contributed by atoms with Crippen LogP contribution >= 0.6 is 23.1 Å². The van der Waals surface area contributed by atoms with Crippen LogP contribution in [0, 0.1) is 0 Å². The third kappa shape index (κ3) is 2.57. The van der Waals surface area contributed by atoms with E-state index in [2.05, 4.69) is 0 Å². The molecule has 0 fully saturated rings. The van der Waals surface area contributed by atoms with Crippen LogP contribution in [0.15, 0.2) is 4.21 Å². The standard InChI is InChI=1S/C9H14N2O2S2/c1-4(2)13-6-5(10)7(8(11)12)15-9(6)14-3/h4H,10H2,1-3H3,(H2,11,12). The van der Waals surface area contributed by atoms with Gasteiger partial charge >= 0.3 is 0 Å².